The molecule has 5 rings (SSSR count). The molecule has 1 aliphatic rings. The Morgan fingerprint density at radius 3 is 2.28 bits per heavy atom. The first-order chi connectivity index (χ1) is 14.1. The monoisotopic (exact) mass is 420 g/mol. The molecule has 29 heavy (non-hydrogen) atoms. The van der Waals surface area contributed by atoms with E-state index in [9.17, 15) is 4.79 Å². The molecule has 0 aliphatic carbocycles. The van der Waals surface area contributed by atoms with Crippen molar-refractivity contribution in [3.05, 3.63) is 105 Å². The van der Waals surface area contributed by atoms with Crippen LogP contribution in [0, 0.1) is 0 Å². The van der Waals surface area contributed by atoms with E-state index in [1.807, 2.05) is 35.2 Å². The number of carbonyl (C=O) groups excluding carboxylic acids is 1. The van der Waals surface area contributed by atoms with Crippen molar-refractivity contribution in [1.29, 1.82) is 0 Å². The smallest absolute Gasteiger partial charge is 0.254 e. The number of rotatable bonds is 2. The molecule has 4 aromatic rings. The first kappa shape index (κ1) is 18.3. The second-order valence-corrected chi connectivity index (χ2v) is 8.15. The van der Waals surface area contributed by atoms with Gasteiger partial charge in [0.05, 0.1) is 6.04 Å². The predicted molar refractivity (Wildman–Crippen MR) is 118 cm³/mol. The molecule has 0 radical (unpaired) electrons. The zero-order valence-electron chi connectivity index (χ0n) is 15.5. The van der Waals surface area contributed by atoms with Crippen molar-refractivity contribution in [2.24, 2.45) is 0 Å². The summed E-state index contributed by atoms with van der Waals surface area (Å²) in [6.07, 6.45) is 0.808. The summed E-state index contributed by atoms with van der Waals surface area (Å²) in [6.45, 7) is 0.642. The maximum absolute atomic E-state index is 13.4. The molecule has 0 saturated heterocycles. The molecule has 144 valence electrons. The van der Waals surface area contributed by atoms with Gasteiger partial charge >= 0.3 is 0 Å². The zero-order chi connectivity index (χ0) is 20.0. The summed E-state index contributed by atoms with van der Waals surface area (Å²) in [5.74, 6) is -0.00840. The van der Waals surface area contributed by atoms with Crippen molar-refractivity contribution in [2.45, 2.75) is 12.5 Å². The number of benzene rings is 3. The normalized spacial score (nSPS) is 16.1. The van der Waals surface area contributed by atoms with Gasteiger partial charge in [0, 0.05) is 38.8 Å². The van der Waals surface area contributed by atoms with Crippen molar-refractivity contribution < 1.29 is 4.79 Å². The van der Waals surface area contributed by atoms with Crippen LogP contribution in [0.4, 0.5) is 0 Å². The summed E-state index contributed by atoms with van der Waals surface area (Å²) in [6, 6.07) is 22.9. The molecule has 3 aromatic carbocycles. The van der Waals surface area contributed by atoms with Gasteiger partial charge in [0.2, 0.25) is 0 Å². The summed E-state index contributed by atoms with van der Waals surface area (Å²) in [5, 5.41) is 2.52. The van der Waals surface area contributed by atoms with Crippen LogP contribution < -0.4 is 0 Å². The first-order valence-electron chi connectivity index (χ1n) is 9.53. The molecule has 1 amide bonds. The third-order valence-electron chi connectivity index (χ3n) is 5.57. The molecule has 0 bridgehead atoms. The van der Waals surface area contributed by atoms with Gasteiger partial charge < -0.3 is 9.88 Å². The highest BCUT2D eigenvalue weighted by Crippen LogP contribution is 2.39. The van der Waals surface area contributed by atoms with Crippen LogP contribution in [0.1, 0.15) is 33.2 Å². The number of halogens is 2. The SMILES string of the molecule is O=C(c1ccc(Cl)cc1)N1CCc2c([nH]c3ccccc23)[C@H]1c1ccc(Cl)cc1. The minimum Gasteiger partial charge on any atom is -0.356 e. The lowest BCUT2D eigenvalue weighted by Crippen LogP contribution is -2.40. The van der Waals surface area contributed by atoms with E-state index in [4.69, 9.17) is 23.2 Å². The zero-order valence-corrected chi connectivity index (χ0v) is 17.0. The van der Waals surface area contributed by atoms with Crippen molar-refractivity contribution in [3.8, 4) is 0 Å². The van der Waals surface area contributed by atoms with Crippen molar-refractivity contribution in [3.63, 3.8) is 0 Å². The van der Waals surface area contributed by atoms with Crippen LogP contribution in [-0.4, -0.2) is 22.3 Å². The number of hydrogen-bond acceptors (Lipinski definition) is 1. The second kappa shape index (κ2) is 7.25. The Labute approximate surface area is 178 Å². The highest BCUT2D eigenvalue weighted by Gasteiger charge is 2.34. The summed E-state index contributed by atoms with van der Waals surface area (Å²) in [5.41, 5.74) is 5.11. The Morgan fingerprint density at radius 2 is 1.55 bits per heavy atom. The van der Waals surface area contributed by atoms with Gasteiger partial charge in [0.15, 0.2) is 0 Å². The molecule has 3 nitrogen and oxygen atoms in total. The molecule has 0 unspecified atom stereocenters. The summed E-state index contributed by atoms with van der Waals surface area (Å²) in [7, 11) is 0. The number of nitrogens with one attached hydrogen (secondary N) is 1. The van der Waals surface area contributed by atoms with Crippen LogP contribution in [0.2, 0.25) is 10.0 Å². The number of fused-ring (bicyclic) bond motifs is 3. The third-order valence-corrected chi connectivity index (χ3v) is 6.08. The molecule has 0 spiro atoms. The van der Waals surface area contributed by atoms with Crippen LogP contribution in [0.15, 0.2) is 72.8 Å². The number of para-hydroxylation sites is 1. The molecule has 1 N–H and O–H groups in total. The van der Waals surface area contributed by atoms with E-state index in [0.29, 0.717) is 22.2 Å². The quantitative estimate of drug-likeness (QED) is 0.407. The van der Waals surface area contributed by atoms with Gasteiger partial charge in [0.25, 0.3) is 5.91 Å². The largest absolute Gasteiger partial charge is 0.356 e. The third kappa shape index (κ3) is 3.21. The van der Waals surface area contributed by atoms with Crippen LogP contribution in [0.3, 0.4) is 0 Å². The van der Waals surface area contributed by atoms with Crippen molar-refractivity contribution >= 4 is 40.0 Å². The fraction of sp³-hybridized carbons (Fsp3) is 0.125. The summed E-state index contributed by atoms with van der Waals surface area (Å²) < 4.78 is 0. The van der Waals surface area contributed by atoms with E-state index in [2.05, 4.69) is 23.2 Å². The van der Waals surface area contributed by atoms with Crippen LogP contribution in [0.25, 0.3) is 10.9 Å². The van der Waals surface area contributed by atoms with Crippen LogP contribution >= 0.6 is 23.2 Å². The number of H-pyrrole nitrogens is 1. The van der Waals surface area contributed by atoms with E-state index < -0.39 is 0 Å². The number of aromatic amines is 1. The van der Waals surface area contributed by atoms with Crippen molar-refractivity contribution in [2.75, 3.05) is 6.54 Å². The van der Waals surface area contributed by atoms with Gasteiger partial charge in [-0.15, -0.1) is 0 Å². The molecular formula is C24H18Cl2N2O. The van der Waals surface area contributed by atoms with Gasteiger partial charge in [-0.05, 0) is 60.0 Å². The average molecular weight is 421 g/mol. The molecule has 1 atom stereocenters. The summed E-state index contributed by atoms with van der Waals surface area (Å²) in [4.78, 5) is 18.9. The number of nitrogens with zero attached hydrogens (tertiary/aromatic N) is 1. The fourth-order valence-corrected chi connectivity index (χ4v) is 4.46. The maximum atomic E-state index is 13.4. The van der Waals surface area contributed by atoms with Gasteiger partial charge in [-0.25, -0.2) is 0 Å². The van der Waals surface area contributed by atoms with Gasteiger partial charge in [-0.2, -0.15) is 0 Å². The Kier molecular flexibility index (Phi) is 4.57. The van der Waals surface area contributed by atoms with E-state index in [-0.39, 0.29) is 11.9 Å². The second-order valence-electron chi connectivity index (χ2n) is 7.27. The fourth-order valence-electron chi connectivity index (χ4n) is 4.21. The molecule has 2 heterocycles. The standard InChI is InChI=1S/C24H18Cl2N2O/c25-17-9-5-15(6-10-17)23-22-20(19-3-1-2-4-21(19)27-22)13-14-28(23)24(29)16-7-11-18(26)12-8-16/h1-12,23,27H,13-14H2/t23-/m1/s1. The Morgan fingerprint density at radius 1 is 0.897 bits per heavy atom. The highest BCUT2D eigenvalue weighted by molar-refractivity contribution is 6.30. The number of carbonyl (C=O) groups is 1. The van der Waals surface area contributed by atoms with E-state index in [0.717, 1.165) is 23.2 Å². The lowest BCUT2D eigenvalue weighted by Gasteiger charge is -2.36. The van der Waals surface area contributed by atoms with Gasteiger partial charge in [-0.1, -0.05) is 53.5 Å². The molecule has 1 aliphatic heterocycles. The van der Waals surface area contributed by atoms with Crippen molar-refractivity contribution in [1.82, 2.24) is 9.88 Å². The maximum Gasteiger partial charge on any atom is 0.254 e. The number of amides is 1. The number of hydrogen-bond donors (Lipinski definition) is 1. The Bertz CT molecular complexity index is 1200. The van der Waals surface area contributed by atoms with Gasteiger partial charge in [-0.3, -0.25) is 4.79 Å². The molecule has 0 saturated carbocycles. The first-order valence-corrected chi connectivity index (χ1v) is 10.3. The highest BCUT2D eigenvalue weighted by atomic mass is 35.5. The number of aromatic nitrogens is 1. The Hall–Kier alpha value is -2.75. The van der Waals surface area contributed by atoms with E-state index in [1.165, 1.54) is 10.9 Å². The minimum absolute atomic E-state index is 0.00840. The summed E-state index contributed by atoms with van der Waals surface area (Å²) >= 11 is 12.1. The van der Waals surface area contributed by atoms with Gasteiger partial charge in [0.1, 0.15) is 0 Å². The molecule has 1 aromatic heterocycles. The topological polar surface area (TPSA) is 36.1 Å². The lowest BCUT2D eigenvalue weighted by atomic mass is 9.91. The average Bonchev–Trinajstić information content (AvgIpc) is 3.12. The molecule has 0 fully saturated rings. The predicted octanol–water partition coefficient (Wildman–Crippen LogP) is 6.26. The van der Waals surface area contributed by atoms with Crippen LogP contribution in [0.5, 0.6) is 0 Å². The Balaban J connectivity index is 1.65. The molecular weight excluding hydrogens is 403 g/mol. The van der Waals surface area contributed by atoms with E-state index in [1.54, 1.807) is 24.3 Å². The lowest BCUT2D eigenvalue weighted by molar-refractivity contribution is 0.0692. The minimum atomic E-state index is -0.202. The van der Waals surface area contributed by atoms with E-state index >= 15 is 0 Å². The molecule has 5 heteroatoms. The van der Waals surface area contributed by atoms with Crippen LogP contribution in [-0.2, 0) is 6.42 Å².